The van der Waals surface area contributed by atoms with Gasteiger partial charge in [0.2, 0.25) is 5.91 Å². The van der Waals surface area contributed by atoms with Crippen molar-refractivity contribution in [1.29, 1.82) is 0 Å². The van der Waals surface area contributed by atoms with Gasteiger partial charge >= 0.3 is 0 Å². The lowest BCUT2D eigenvalue weighted by Crippen LogP contribution is -2.48. The number of H-pyrrole nitrogens is 1. The van der Waals surface area contributed by atoms with Crippen LogP contribution in [0.3, 0.4) is 0 Å². The first-order chi connectivity index (χ1) is 9.41. The average Bonchev–Trinajstić information content (AvgIpc) is 2.82. The highest BCUT2D eigenvalue weighted by atomic mass is 79.9. The largest absolute Gasteiger partial charge is 0.348 e. The summed E-state index contributed by atoms with van der Waals surface area (Å²) in [5, 5.41) is 2.82. The molecule has 1 heterocycles. The predicted octanol–water partition coefficient (Wildman–Crippen LogP) is 1.97. The van der Waals surface area contributed by atoms with Gasteiger partial charge in [0.25, 0.3) is 0 Å². The molecule has 0 saturated carbocycles. The highest BCUT2D eigenvalue weighted by molar-refractivity contribution is 9.10. The van der Waals surface area contributed by atoms with Crippen molar-refractivity contribution in [3.63, 3.8) is 0 Å². The van der Waals surface area contributed by atoms with Crippen molar-refractivity contribution >= 4 is 21.8 Å². The van der Waals surface area contributed by atoms with Gasteiger partial charge in [-0.25, -0.2) is 4.98 Å². The van der Waals surface area contributed by atoms with Crippen LogP contribution in [0.2, 0.25) is 0 Å². The summed E-state index contributed by atoms with van der Waals surface area (Å²) < 4.78 is 0.949. The molecule has 5 nitrogen and oxygen atoms in total. The summed E-state index contributed by atoms with van der Waals surface area (Å²) in [4.78, 5) is 19.4. The Morgan fingerprint density at radius 3 is 2.65 bits per heavy atom. The molecule has 1 aromatic carbocycles. The monoisotopic (exact) mass is 336 g/mol. The number of imidazole rings is 1. The molecule has 6 heteroatoms. The standard InChI is InChI=1S/C14H17BrN4O/c1-9-12(19-8-18-9)7-17-13(20)14(2,16)10-3-5-11(15)6-4-10/h3-6,8H,7,16H2,1-2H3,(H,17,20)(H,18,19). The van der Waals surface area contributed by atoms with Crippen molar-refractivity contribution in [3.8, 4) is 0 Å². The molecule has 0 aliphatic carbocycles. The van der Waals surface area contributed by atoms with E-state index in [0.29, 0.717) is 6.54 Å². The predicted molar refractivity (Wildman–Crippen MR) is 80.9 cm³/mol. The van der Waals surface area contributed by atoms with Crippen molar-refractivity contribution in [1.82, 2.24) is 15.3 Å². The summed E-state index contributed by atoms with van der Waals surface area (Å²) in [5.41, 5.74) is 7.58. The van der Waals surface area contributed by atoms with Gasteiger partial charge in [0, 0.05) is 10.2 Å². The van der Waals surface area contributed by atoms with Crippen LogP contribution < -0.4 is 11.1 Å². The summed E-state index contributed by atoms with van der Waals surface area (Å²) in [6.45, 7) is 3.96. The van der Waals surface area contributed by atoms with Gasteiger partial charge in [0.1, 0.15) is 5.54 Å². The number of carbonyl (C=O) groups excluding carboxylic acids is 1. The molecule has 1 unspecified atom stereocenters. The number of aryl methyl sites for hydroxylation is 1. The summed E-state index contributed by atoms with van der Waals surface area (Å²) in [6, 6.07) is 7.41. The van der Waals surface area contributed by atoms with E-state index in [0.717, 1.165) is 21.4 Å². The van der Waals surface area contributed by atoms with Crippen molar-refractivity contribution in [3.05, 3.63) is 52.0 Å². The fraction of sp³-hybridized carbons (Fsp3) is 0.286. The second-order valence-electron chi connectivity index (χ2n) is 4.87. The lowest BCUT2D eigenvalue weighted by Gasteiger charge is -2.24. The van der Waals surface area contributed by atoms with E-state index in [-0.39, 0.29) is 5.91 Å². The molecular formula is C14H17BrN4O. The lowest BCUT2D eigenvalue weighted by atomic mass is 9.92. The quantitative estimate of drug-likeness (QED) is 0.798. The molecule has 20 heavy (non-hydrogen) atoms. The molecule has 1 amide bonds. The number of nitrogens with one attached hydrogen (secondary N) is 2. The van der Waals surface area contributed by atoms with Gasteiger partial charge in [0.05, 0.1) is 18.6 Å². The maximum atomic E-state index is 12.3. The van der Waals surface area contributed by atoms with Crippen molar-refractivity contribution in [2.45, 2.75) is 25.9 Å². The number of hydrogen-bond acceptors (Lipinski definition) is 3. The number of benzene rings is 1. The number of aromatic amines is 1. The Morgan fingerprint density at radius 2 is 2.10 bits per heavy atom. The third kappa shape index (κ3) is 3.08. The zero-order chi connectivity index (χ0) is 14.8. The maximum Gasteiger partial charge on any atom is 0.244 e. The van der Waals surface area contributed by atoms with Gasteiger partial charge in [-0.3, -0.25) is 4.79 Å². The van der Waals surface area contributed by atoms with Crippen LogP contribution in [0.25, 0.3) is 0 Å². The number of carbonyl (C=O) groups is 1. The minimum atomic E-state index is -1.08. The Bertz CT molecular complexity index is 604. The van der Waals surface area contributed by atoms with Crippen LogP contribution in [0, 0.1) is 6.92 Å². The van der Waals surface area contributed by atoms with Crippen LogP contribution in [0.4, 0.5) is 0 Å². The molecule has 0 aliphatic rings. The number of aromatic nitrogens is 2. The van der Waals surface area contributed by atoms with Crippen LogP contribution in [0.1, 0.15) is 23.9 Å². The number of nitrogens with two attached hydrogens (primary N) is 1. The molecule has 0 saturated heterocycles. The Kier molecular flexibility index (Phi) is 4.25. The number of hydrogen-bond donors (Lipinski definition) is 3. The first-order valence-electron chi connectivity index (χ1n) is 6.23. The minimum absolute atomic E-state index is 0.234. The fourth-order valence-electron chi connectivity index (χ4n) is 1.84. The Hall–Kier alpha value is -1.66. The van der Waals surface area contributed by atoms with Crippen LogP contribution in [-0.4, -0.2) is 15.9 Å². The van der Waals surface area contributed by atoms with Crippen LogP contribution in [-0.2, 0) is 16.9 Å². The van der Waals surface area contributed by atoms with E-state index >= 15 is 0 Å². The number of amides is 1. The Balaban J connectivity index is 2.07. The Labute approximate surface area is 126 Å². The number of nitrogens with zero attached hydrogens (tertiary/aromatic N) is 1. The summed E-state index contributed by atoms with van der Waals surface area (Å²) in [6.07, 6.45) is 1.60. The van der Waals surface area contributed by atoms with Gasteiger partial charge in [0.15, 0.2) is 0 Å². The first kappa shape index (κ1) is 14.7. The average molecular weight is 337 g/mol. The van der Waals surface area contributed by atoms with E-state index in [1.807, 2.05) is 31.2 Å². The lowest BCUT2D eigenvalue weighted by molar-refractivity contribution is -0.126. The second-order valence-corrected chi connectivity index (χ2v) is 5.78. The molecule has 0 radical (unpaired) electrons. The smallest absolute Gasteiger partial charge is 0.244 e. The van der Waals surface area contributed by atoms with E-state index < -0.39 is 5.54 Å². The van der Waals surface area contributed by atoms with E-state index in [4.69, 9.17) is 5.73 Å². The molecule has 4 N–H and O–H groups in total. The highest BCUT2D eigenvalue weighted by Crippen LogP contribution is 2.20. The summed E-state index contributed by atoms with van der Waals surface area (Å²) in [5.74, 6) is -0.234. The third-order valence-electron chi connectivity index (χ3n) is 3.27. The second kappa shape index (κ2) is 5.76. The molecular weight excluding hydrogens is 320 g/mol. The maximum absolute atomic E-state index is 12.3. The summed E-state index contributed by atoms with van der Waals surface area (Å²) >= 11 is 3.36. The van der Waals surface area contributed by atoms with Crippen molar-refractivity contribution in [2.24, 2.45) is 5.73 Å². The van der Waals surface area contributed by atoms with Crippen molar-refractivity contribution < 1.29 is 4.79 Å². The van der Waals surface area contributed by atoms with Gasteiger partial charge in [-0.2, -0.15) is 0 Å². The molecule has 106 valence electrons. The van der Waals surface area contributed by atoms with Crippen LogP contribution in [0.15, 0.2) is 35.1 Å². The Morgan fingerprint density at radius 1 is 1.45 bits per heavy atom. The van der Waals surface area contributed by atoms with Gasteiger partial charge in [-0.1, -0.05) is 28.1 Å². The van der Waals surface area contributed by atoms with E-state index in [1.165, 1.54) is 0 Å². The zero-order valence-electron chi connectivity index (χ0n) is 11.4. The number of rotatable bonds is 4. The molecule has 0 bridgehead atoms. The first-order valence-corrected chi connectivity index (χ1v) is 7.02. The van der Waals surface area contributed by atoms with Crippen molar-refractivity contribution in [2.75, 3.05) is 0 Å². The highest BCUT2D eigenvalue weighted by Gasteiger charge is 2.30. The number of halogens is 1. The fourth-order valence-corrected chi connectivity index (χ4v) is 2.10. The third-order valence-corrected chi connectivity index (χ3v) is 3.79. The molecule has 1 atom stereocenters. The van der Waals surface area contributed by atoms with Gasteiger partial charge < -0.3 is 16.0 Å². The van der Waals surface area contributed by atoms with E-state index in [9.17, 15) is 4.79 Å². The van der Waals surface area contributed by atoms with E-state index in [1.54, 1.807) is 13.3 Å². The van der Waals surface area contributed by atoms with Crippen LogP contribution in [0.5, 0.6) is 0 Å². The molecule has 1 aromatic heterocycles. The zero-order valence-corrected chi connectivity index (χ0v) is 13.0. The van der Waals surface area contributed by atoms with Gasteiger partial charge in [-0.05, 0) is 31.5 Å². The molecule has 2 rings (SSSR count). The summed E-state index contributed by atoms with van der Waals surface area (Å²) in [7, 11) is 0. The van der Waals surface area contributed by atoms with Gasteiger partial charge in [-0.15, -0.1) is 0 Å². The SMILES string of the molecule is Cc1[nH]cnc1CNC(=O)C(C)(N)c1ccc(Br)cc1. The topological polar surface area (TPSA) is 83.8 Å². The molecule has 0 spiro atoms. The normalized spacial score (nSPS) is 13.8. The van der Waals surface area contributed by atoms with E-state index in [2.05, 4.69) is 31.2 Å². The molecule has 2 aromatic rings. The molecule has 0 fully saturated rings. The minimum Gasteiger partial charge on any atom is -0.348 e. The molecule has 0 aliphatic heterocycles. The van der Waals surface area contributed by atoms with Crippen LogP contribution >= 0.6 is 15.9 Å².